The van der Waals surface area contributed by atoms with Gasteiger partial charge in [-0.05, 0) is 38.9 Å². The van der Waals surface area contributed by atoms with Crippen LogP contribution in [-0.2, 0) is 0 Å². The lowest BCUT2D eigenvalue weighted by Crippen LogP contribution is -2.50. The summed E-state index contributed by atoms with van der Waals surface area (Å²) in [7, 11) is 1.96. The molecular formula is C13H18ClN3O2. The third-order valence-electron chi connectivity index (χ3n) is 3.95. The molecule has 0 spiro atoms. The Morgan fingerprint density at radius 1 is 1.42 bits per heavy atom. The first-order valence-electron chi connectivity index (χ1n) is 6.33. The van der Waals surface area contributed by atoms with Gasteiger partial charge >= 0.3 is 0 Å². The molecule has 6 heteroatoms. The summed E-state index contributed by atoms with van der Waals surface area (Å²) in [6.45, 7) is 3.76. The van der Waals surface area contributed by atoms with E-state index in [1.54, 1.807) is 12.1 Å². The van der Waals surface area contributed by atoms with Crippen molar-refractivity contribution in [1.82, 2.24) is 5.32 Å². The third-order valence-corrected chi connectivity index (χ3v) is 4.18. The molecule has 1 N–H and O–H groups in total. The number of piperidine rings is 1. The number of halogens is 1. The van der Waals surface area contributed by atoms with Crippen LogP contribution >= 0.6 is 11.6 Å². The molecule has 1 saturated heterocycles. The first kappa shape index (κ1) is 14.1. The molecular weight excluding hydrogens is 266 g/mol. The molecule has 0 amide bonds. The zero-order valence-electron chi connectivity index (χ0n) is 11.1. The van der Waals surface area contributed by atoms with Gasteiger partial charge in [-0.25, -0.2) is 0 Å². The van der Waals surface area contributed by atoms with E-state index in [0.29, 0.717) is 10.7 Å². The van der Waals surface area contributed by atoms with E-state index in [2.05, 4.69) is 12.2 Å². The fourth-order valence-electron chi connectivity index (χ4n) is 2.40. The number of hydrogen-bond acceptors (Lipinski definition) is 4. The molecule has 0 unspecified atom stereocenters. The van der Waals surface area contributed by atoms with Crippen molar-refractivity contribution in [2.24, 2.45) is 0 Å². The second-order valence-electron chi connectivity index (χ2n) is 5.19. The van der Waals surface area contributed by atoms with E-state index in [-0.39, 0.29) is 16.1 Å². The van der Waals surface area contributed by atoms with E-state index < -0.39 is 0 Å². The van der Waals surface area contributed by atoms with E-state index >= 15 is 0 Å². The van der Waals surface area contributed by atoms with Gasteiger partial charge in [0.25, 0.3) is 5.69 Å². The van der Waals surface area contributed by atoms with Crippen LogP contribution in [0.5, 0.6) is 0 Å². The standard InChI is InChI=1S/C13H18ClN3O2/c1-13(15-2)5-7-16(8-6-13)12-9-10(14)3-4-11(12)17(18)19/h3-4,9,15H,5-8H2,1-2H3. The summed E-state index contributed by atoms with van der Waals surface area (Å²) in [4.78, 5) is 12.8. The summed E-state index contributed by atoms with van der Waals surface area (Å²) in [6.07, 6.45) is 1.90. The Hall–Kier alpha value is -1.33. The molecule has 5 nitrogen and oxygen atoms in total. The lowest BCUT2D eigenvalue weighted by molar-refractivity contribution is -0.384. The van der Waals surface area contributed by atoms with Gasteiger partial charge in [0, 0.05) is 29.7 Å². The summed E-state index contributed by atoms with van der Waals surface area (Å²) in [5.41, 5.74) is 0.859. The second kappa shape index (κ2) is 5.35. The number of benzene rings is 1. The van der Waals surface area contributed by atoms with Crippen LogP contribution in [0.1, 0.15) is 19.8 Å². The molecule has 104 valence electrons. The maximum absolute atomic E-state index is 11.1. The van der Waals surface area contributed by atoms with Gasteiger partial charge in [0.15, 0.2) is 0 Å². The van der Waals surface area contributed by atoms with Crippen molar-refractivity contribution in [1.29, 1.82) is 0 Å². The van der Waals surface area contributed by atoms with E-state index in [0.717, 1.165) is 25.9 Å². The monoisotopic (exact) mass is 283 g/mol. The molecule has 0 saturated carbocycles. The Bertz CT molecular complexity index is 485. The van der Waals surface area contributed by atoms with Gasteiger partial charge in [0.1, 0.15) is 5.69 Å². The number of nitro groups is 1. The molecule has 0 aromatic heterocycles. The predicted octanol–water partition coefficient (Wildman–Crippen LogP) is 2.83. The van der Waals surface area contributed by atoms with Gasteiger partial charge in [-0.15, -0.1) is 0 Å². The normalized spacial score (nSPS) is 18.4. The highest BCUT2D eigenvalue weighted by Gasteiger charge is 2.30. The van der Waals surface area contributed by atoms with Crippen LogP contribution < -0.4 is 10.2 Å². The van der Waals surface area contributed by atoms with Crippen molar-refractivity contribution in [2.75, 3.05) is 25.0 Å². The SMILES string of the molecule is CNC1(C)CCN(c2cc(Cl)ccc2[N+](=O)[O-])CC1. The molecule has 1 aliphatic heterocycles. The summed E-state index contributed by atoms with van der Waals surface area (Å²) < 4.78 is 0. The Kier molecular flexibility index (Phi) is 3.96. The highest BCUT2D eigenvalue weighted by atomic mass is 35.5. The molecule has 1 aromatic carbocycles. The van der Waals surface area contributed by atoms with Gasteiger partial charge in [-0.3, -0.25) is 10.1 Å². The van der Waals surface area contributed by atoms with Crippen LogP contribution in [0.25, 0.3) is 0 Å². The Balaban J connectivity index is 2.24. The minimum Gasteiger partial charge on any atom is -0.366 e. The van der Waals surface area contributed by atoms with E-state index in [1.807, 2.05) is 11.9 Å². The van der Waals surface area contributed by atoms with Gasteiger partial charge in [-0.1, -0.05) is 11.6 Å². The van der Waals surface area contributed by atoms with Crippen molar-refractivity contribution in [3.8, 4) is 0 Å². The molecule has 0 aliphatic carbocycles. The van der Waals surface area contributed by atoms with Gasteiger partial charge < -0.3 is 10.2 Å². The minimum absolute atomic E-state index is 0.115. The van der Waals surface area contributed by atoms with Crippen LogP contribution in [0.3, 0.4) is 0 Å². The second-order valence-corrected chi connectivity index (χ2v) is 5.62. The van der Waals surface area contributed by atoms with Gasteiger partial charge in [0.2, 0.25) is 0 Å². The summed E-state index contributed by atoms with van der Waals surface area (Å²) in [5.74, 6) is 0. The number of hydrogen-bond donors (Lipinski definition) is 1. The number of nitrogens with one attached hydrogen (secondary N) is 1. The number of nitrogens with zero attached hydrogens (tertiary/aromatic N) is 2. The third kappa shape index (κ3) is 2.98. The van der Waals surface area contributed by atoms with Crippen LogP contribution in [0.15, 0.2) is 18.2 Å². The molecule has 1 fully saturated rings. The van der Waals surface area contributed by atoms with Gasteiger partial charge in [-0.2, -0.15) is 0 Å². The topological polar surface area (TPSA) is 58.4 Å². The smallest absolute Gasteiger partial charge is 0.292 e. The lowest BCUT2D eigenvalue weighted by atomic mass is 9.89. The van der Waals surface area contributed by atoms with Crippen LogP contribution in [0, 0.1) is 10.1 Å². The quantitative estimate of drug-likeness (QED) is 0.684. The molecule has 1 heterocycles. The van der Waals surface area contributed by atoms with Crippen LogP contribution in [0.2, 0.25) is 5.02 Å². The van der Waals surface area contributed by atoms with Crippen molar-refractivity contribution < 1.29 is 4.92 Å². The summed E-state index contributed by atoms with van der Waals surface area (Å²) in [5, 5.41) is 14.9. The van der Waals surface area contributed by atoms with Crippen molar-refractivity contribution in [2.45, 2.75) is 25.3 Å². The molecule has 2 rings (SSSR count). The van der Waals surface area contributed by atoms with Crippen molar-refractivity contribution >= 4 is 23.0 Å². The van der Waals surface area contributed by atoms with E-state index in [9.17, 15) is 10.1 Å². The Morgan fingerprint density at radius 2 is 2.05 bits per heavy atom. The van der Waals surface area contributed by atoms with E-state index in [4.69, 9.17) is 11.6 Å². The molecule has 0 atom stereocenters. The average Bonchev–Trinajstić information content (AvgIpc) is 2.39. The molecule has 0 radical (unpaired) electrons. The number of anilines is 1. The largest absolute Gasteiger partial charge is 0.366 e. The fourth-order valence-corrected chi connectivity index (χ4v) is 2.56. The fraction of sp³-hybridized carbons (Fsp3) is 0.538. The predicted molar refractivity (Wildman–Crippen MR) is 77.0 cm³/mol. The molecule has 1 aliphatic rings. The minimum atomic E-state index is -0.350. The Labute approximate surface area is 117 Å². The van der Waals surface area contributed by atoms with Crippen LogP contribution in [-0.4, -0.2) is 30.6 Å². The molecule has 1 aromatic rings. The van der Waals surface area contributed by atoms with Gasteiger partial charge in [0.05, 0.1) is 4.92 Å². The first-order chi connectivity index (χ1) is 8.95. The lowest BCUT2D eigenvalue weighted by Gasteiger charge is -2.40. The van der Waals surface area contributed by atoms with Crippen molar-refractivity contribution in [3.05, 3.63) is 33.3 Å². The maximum atomic E-state index is 11.1. The first-order valence-corrected chi connectivity index (χ1v) is 6.71. The van der Waals surface area contributed by atoms with Crippen molar-refractivity contribution in [3.63, 3.8) is 0 Å². The maximum Gasteiger partial charge on any atom is 0.292 e. The zero-order valence-corrected chi connectivity index (χ0v) is 11.9. The van der Waals surface area contributed by atoms with Crippen LogP contribution in [0.4, 0.5) is 11.4 Å². The highest BCUT2D eigenvalue weighted by molar-refractivity contribution is 6.31. The highest BCUT2D eigenvalue weighted by Crippen LogP contribution is 2.34. The summed E-state index contributed by atoms with van der Waals surface area (Å²) in [6, 6.07) is 4.72. The number of rotatable bonds is 3. The average molecular weight is 284 g/mol. The zero-order chi connectivity index (χ0) is 14.0. The molecule has 0 bridgehead atoms. The summed E-state index contributed by atoms with van der Waals surface area (Å²) >= 11 is 5.96. The number of nitro benzene ring substituents is 1. The Morgan fingerprint density at radius 3 is 2.58 bits per heavy atom. The van der Waals surface area contributed by atoms with E-state index in [1.165, 1.54) is 6.07 Å². The molecule has 19 heavy (non-hydrogen) atoms.